The fraction of sp³-hybridized carbons (Fsp3) is 0.923. The third-order valence-electron chi connectivity index (χ3n) is 3.08. The lowest BCUT2D eigenvalue weighted by Crippen LogP contribution is -2.44. The van der Waals surface area contributed by atoms with Gasteiger partial charge in [-0.25, -0.2) is 0 Å². The van der Waals surface area contributed by atoms with Crippen molar-refractivity contribution in [1.82, 2.24) is 10.6 Å². The Bertz CT molecular complexity index is 231. The van der Waals surface area contributed by atoms with Crippen molar-refractivity contribution in [2.45, 2.75) is 52.2 Å². The molecule has 1 amide bonds. The minimum absolute atomic E-state index is 0.0956. The van der Waals surface area contributed by atoms with E-state index in [0.717, 1.165) is 32.4 Å². The van der Waals surface area contributed by atoms with Gasteiger partial charge in [-0.3, -0.25) is 4.79 Å². The molecule has 100 valence electrons. The first-order valence-corrected chi connectivity index (χ1v) is 6.73. The molecule has 1 aliphatic heterocycles. The van der Waals surface area contributed by atoms with Gasteiger partial charge < -0.3 is 15.4 Å². The van der Waals surface area contributed by atoms with E-state index in [-0.39, 0.29) is 5.91 Å². The Labute approximate surface area is 104 Å². The van der Waals surface area contributed by atoms with E-state index in [9.17, 15) is 4.79 Å². The summed E-state index contributed by atoms with van der Waals surface area (Å²) >= 11 is 0. The van der Waals surface area contributed by atoms with Crippen molar-refractivity contribution in [1.29, 1.82) is 0 Å². The fourth-order valence-electron chi connectivity index (χ4n) is 1.97. The van der Waals surface area contributed by atoms with Crippen LogP contribution < -0.4 is 10.6 Å². The second-order valence-corrected chi connectivity index (χ2v) is 5.20. The van der Waals surface area contributed by atoms with Gasteiger partial charge in [-0.15, -0.1) is 0 Å². The number of nitrogens with one attached hydrogen (secondary N) is 2. The molecule has 0 spiro atoms. The lowest BCUT2D eigenvalue weighted by Gasteiger charge is -2.29. The quantitative estimate of drug-likeness (QED) is 0.738. The molecule has 0 aliphatic carbocycles. The van der Waals surface area contributed by atoms with Crippen LogP contribution in [0.15, 0.2) is 0 Å². The highest BCUT2D eigenvalue weighted by Crippen LogP contribution is 2.15. The number of rotatable bonds is 6. The van der Waals surface area contributed by atoms with Gasteiger partial charge in [-0.2, -0.15) is 0 Å². The van der Waals surface area contributed by atoms with E-state index < -0.39 is 0 Å². The lowest BCUT2D eigenvalue weighted by atomic mass is 10.0. The molecule has 0 aromatic heterocycles. The van der Waals surface area contributed by atoms with E-state index in [0.29, 0.717) is 24.6 Å². The molecule has 0 aromatic carbocycles. The van der Waals surface area contributed by atoms with Crippen LogP contribution in [0.5, 0.6) is 0 Å². The summed E-state index contributed by atoms with van der Waals surface area (Å²) in [5, 5.41) is 6.23. The van der Waals surface area contributed by atoms with E-state index >= 15 is 0 Å². The average molecular weight is 242 g/mol. The summed E-state index contributed by atoms with van der Waals surface area (Å²) in [7, 11) is 0. The Hall–Kier alpha value is -0.610. The van der Waals surface area contributed by atoms with Crippen LogP contribution in [0.4, 0.5) is 0 Å². The van der Waals surface area contributed by atoms with Crippen LogP contribution in [-0.2, 0) is 9.53 Å². The van der Waals surface area contributed by atoms with E-state index in [2.05, 4.69) is 31.4 Å². The number of ether oxygens (including phenoxy) is 1. The Balaban J connectivity index is 2.14. The molecule has 2 unspecified atom stereocenters. The molecule has 2 N–H and O–H groups in total. The van der Waals surface area contributed by atoms with Crippen molar-refractivity contribution < 1.29 is 9.53 Å². The predicted octanol–water partition coefficient (Wildman–Crippen LogP) is 1.31. The van der Waals surface area contributed by atoms with Gasteiger partial charge in [0.15, 0.2) is 0 Å². The molecule has 1 saturated heterocycles. The molecule has 1 heterocycles. The third kappa shape index (κ3) is 6.03. The maximum Gasteiger partial charge on any atom is 0.233 e. The highest BCUT2D eigenvalue weighted by molar-refractivity contribution is 5.77. The van der Waals surface area contributed by atoms with Crippen molar-refractivity contribution in [2.75, 3.05) is 19.7 Å². The monoisotopic (exact) mass is 242 g/mol. The highest BCUT2D eigenvalue weighted by Gasteiger charge is 2.21. The summed E-state index contributed by atoms with van der Waals surface area (Å²) in [6.07, 6.45) is 3.44. The molecular weight excluding hydrogens is 216 g/mol. The predicted molar refractivity (Wildman–Crippen MR) is 68.9 cm³/mol. The zero-order chi connectivity index (χ0) is 12.7. The number of amides is 1. The smallest absolute Gasteiger partial charge is 0.233 e. The fourth-order valence-corrected chi connectivity index (χ4v) is 1.97. The maximum atomic E-state index is 11.5. The van der Waals surface area contributed by atoms with Crippen molar-refractivity contribution in [3.05, 3.63) is 0 Å². The van der Waals surface area contributed by atoms with E-state index in [1.54, 1.807) is 0 Å². The van der Waals surface area contributed by atoms with Crippen LogP contribution in [0.25, 0.3) is 0 Å². The largest absolute Gasteiger partial charge is 0.378 e. The molecule has 1 fully saturated rings. The first-order chi connectivity index (χ1) is 8.11. The van der Waals surface area contributed by atoms with E-state index in [1.807, 2.05) is 0 Å². The summed E-state index contributed by atoms with van der Waals surface area (Å²) in [5.74, 6) is 0.602. The molecule has 0 bridgehead atoms. The Morgan fingerprint density at radius 2 is 2.24 bits per heavy atom. The van der Waals surface area contributed by atoms with E-state index in [1.165, 1.54) is 0 Å². The second-order valence-electron chi connectivity index (χ2n) is 5.20. The number of hydrogen-bond donors (Lipinski definition) is 2. The van der Waals surface area contributed by atoms with Gasteiger partial charge in [0, 0.05) is 19.2 Å². The summed E-state index contributed by atoms with van der Waals surface area (Å²) in [4.78, 5) is 11.5. The lowest BCUT2D eigenvalue weighted by molar-refractivity contribution is -0.120. The van der Waals surface area contributed by atoms with Crippen LogP contribution in [-0.4, -0.2) is 37.7 Å². The maximum absolute atomic E-state index is 11.5. The van der Waals surface area contributed by atoms with Crippen LogP contribution in [0, 0.1) is 5.92 Å². The second kappa shape index (κ2) is 7.67. The molecule has 0 saturated carbocycles. The molecule has 0 aromatic rings. The Morgan fingerprint density at radius 1 is 1.47 bits per heavy atom. The molecule has 1 aliphatic rings. The normalized spacial score (nSPS) is 24.9. The van der Waals surface area contributed by atoms with Gasteiger partial charge in [0.05, 0.1) is 12.6 Å². The van der Waals surface area contributed by atoms with Crippen LogP contribution >= 0.6 is 0 Å². The SMILES string of the molecule is CCC1CC(NCC(=O)NCC(C)C)CCO1. The van der Waals surface area contributed by atoms with Gasteiger partial charge >= 0.3 is 0 Å². The van der Waals surface area contributed by atoms with Crippen molar-refractivity contribution in [3.63, 3.8) is 0 Å². The first kappa shape index (κ1) is 14.5. The molecule has 1 rings (SSSR count). The summed E-state index contributed by atoms with van der Waals surface area (Å²) in [6.45, 7) is 8.32. The van der Waals surface area contributed by atoms with E-state index in [4.69, 9.17) is 4.74 Å². The van der Waals surface area contributed by atoms with Crippen LogP contribution in [0.1, 0.15) is 40.0 Å². The van der Waals surface area contributed by atoms with Crippen molar-refractivity contribution in [2.24, 2.45) is 5.92 Å². The zero-order valence-electron chi connectivity index (χ0n) is 11.3. The number of hydrogen-bond acceptors (Lipinski definition) is 3. The number of carbonyl (C=O) groups excluding carboxylic acids is 1. The molecule has 2 atom stereocenters. The molecule has 4 nitrogen and oxygen atoms in total. The summed E-state index contributed by atoms with van der Waals surface area (Å²) in [6, 6.07) is 0.429. The van der Waals surface area contributed by atoms with Gasteiger partial charge in [0.25, 0.3) is 0 Å². The van der Waals surface area contributed by atoms with Gasteiger partial charge in [-0.1, -0.05) is 20.8 Å². The van der Waals surface area contributed by atoms with Gasteiger partial charge in [0.1, 0.15) is 0 Å². The topological polar surface area (TPSA) is 50.4 Å². The Kier molecular flexibility index (Phi) is 6.52. The van der Waals surface area contributed by atoms with Crippen molar-refractivity contribution >= 4 is 5.91 Å². The standard InChI is InChI=1S/C13H26N2O2/c1-4-12-7-11(5-6-17-12)14-9-13(16)15-8-10(2)3/h10-12,14H,4-9H2,1-3H3,(H,15,16). The minimum atomic E-state index is 0.0956. The third-order valence-corrected chi connectivity index (χ3v) is 3.08. The van der Waals surface area contributed by atoms with Crippen LogP contribution in [0.3, 0.4) is 0 Å². The minimum Gasteiger partial charge on any atom is -0.378 e. The Morgan fingerprint density at radius 3 is 2.88 bits per heavy atom. The highest BCUT2D eigenvalue weighted by atomic mass is 16.5. The van der Waals surface area contributed by atoms with Crippen LogP contribution in [0.2, 0.25) is 0 Å². The molecule has 17 heavy (non-hydrogen) atoms. The molecule has 4 heteroatoms. The molecule has 0 radical (unpaired) electrons. The molecular formula is C13H26N2O2. The summed E-state index contributed by atoms with van der Waals surface area (Å²) < 4.78 is 5.60. The average Bonchev–Trinajstić information content (AvgIpc) is 2.34. The summed E-state index contributed by atoms with van der Waals surface area (Å²) in [5.41, 5.74) is 0. The van der Waals surface area contributed by atoms with Gasteiger partial charge in [0.2, 0.25) is 5.91 Å². The number of carbonyl (C=O) groups is 1. The first-order valence-electron chi connectivity index (χ1n) is 6.73. The zero-order valence-corrected chi connectivity index (χ0v) is 11.3. The van der Waals surface area contributed by atoms with Gasteiger partial charge in [-0.05, 0) is 25.2 Å². The van der Waals surface area contributed by atoms with Crippen molar-refractivity contribution in [3.8, 4) is 0 Å².